The van der Waals surface area contributed by atoms with Crippen molar-refractivity contribution >= 4 is 0 Å². The summed E-state index contributed by atoms with van der Waals surface area (Å²) in [5.41, 5.74) is 5.30. The van der Waals surface area contributed by atoms with Gasteiger partial charge in [0.1, 0.15) is 0 Å². The smallest absolute Gasteiger partial charge is 0.0624 e. The zero-order chi connectivity index (χ0) is 13.7. The lowest BCUT2D eigenvalue weighted by molar-refractivity contribution is 0.00514. The summed E-state index contributed by atoms with van der Waals surface area (Å²) < 4.78 is 7.75. The maximum atomic E-state index is 5.79. The third-order valence-corrected chi connectivity index (χ3v) is 3.90. The van der Waals surface area contributed by atoms with Crippen LogP contribution in [0.3, 0.4) is 0 Å². The van der Waals surface area contributed by atoms with E-state index in [0.29, 0.717) is 6.10 Å². The molecule has 0 bridgehead atoms. The summed E-state index contributed by atoms with van der Waals surface area (Å²) in [6.07, 6.45) is 6.83. The number of hydrogen-bond acceptors (Lipinski definition) is 4. The van der Waals surface area contributed by atoms with E-state index in [4.69, 9.17) is 10.6 Å². The Labute approximate surface area is 115 Å². The van der Waals surface area contributed by atoms with Gasteiger partial charge in [-0.3, -0.25) is 16.0 Å². The molecule has 0 aromatic carbocycles. The van der Waals surface area contributed by atoms with Gasteiger partial charge in [0.2, 0.25) is 0 Å². The van der Waals surface area contributed by atoms with Crippen LogP contribution in [0.25, 0.3) is 0 Å². The highest BCUT2D eigenvalue weighted by molar-refractivity contribution is 5.11. The number of hydrogen-bond donors (Lipinski definition) is 2. The Morgan fingerprint density at radius 2 is 2.42 bits per heavy atom. The van der Waals surface area contributed by atoms with Crippen LogP contribution in [0.15, 0.2) is 6.07 Å². The Morgan fingerprint density at radius 1 is 1.58 bits per heavy atom. The highest BCUT2D eigenvalue weighted by atomic mass is 16.5. The summed E-state index contributed by atoms with van der Waals surface area (Å²) >= 11 is 0. The summed E-state index contributed by atoms with van der Waals surface area (Å²) in [5.74, 6) is 5.69. The number of nitrogens with one attached hydrogen (secondary N) is 1. The van der Waals surface area contributed by atoms with Crippen LogP contribution in [0, 0.1) is 0 Å². The molecule has 108 valence electrons. The van der Waals surface area contributed by atoms with Gasteiger partial charge in [0, 0.05) is 31.8 Å². The van der Waals surface area contributed by atoms with E-state index < -0.39 is 0 Å². The first kappa shape index (κ1) is 14.5. The van der Waals surface area contributed by atoms with E-state index in [1.165, 1.54) is 18.5 Å². The molecular weight excluding hydrogens is 240 g/mol. The summed E-state index contributed by atoms with van der Waals surface area (Å²) in [7, 11) is 2.00. The van der Waals surface area contributed by atoms with Crippen LogP contribution in [0.1, 0.15) is 44.0 Å². The van der Waals surface area contributed by atoms with Crippen LogP contribution in [-0.4, -0.2) is 28.5 Å². The second kappa shape index (κ2) is 7.03. The second-order valence-corrected chi connectivity index (χ2v) is 5.40. The minimum absolute atomic E-state index is 0.253. The minimum atomic E-state index is 0.253. The van der Waals surface area contributed by atoms with Crippen LogP contribution in [-0.2, 0) is 24.6 Å². The van der Waals surface area contributed by atoms with Crippen LogP contribution >= 0.6 is 0 Å². The molecule has 0 spiro atoms. The van der Waals surface area contributed by atoms with E-state index in [9.17, 15) is 0 Å². The maximum absolute atomic E-state index is 5.79. The lowest BCUT2D eigenvalue weighted by Gasteiger charge is -2.26. The molecule has 5 heteroatoms. The maximum Gasteiger partial charge on any atom is 0.0624 e. The number of nitrogens with two attached hydrogens (primary N) is 1. The number of aromatic nitrogens is 2. The second-order valence-electron chi connectivity index (χ2n) is 5.40. The largest absolute Gasteiger partial charge is 0.378 e. The topological polar surface area (TPSA) is 65.1 Å². The van der Waals surface area contributed by atoms with Gasteiger partial charge in [0.15, 0.2) is 0 Å². The molecule has 2 heterocycles. The van der Waals surface area contributed by atoms with Gasteiger partial charge in [-0.1, -0.05) is 6.92 Å². The Kier molecular flexibility index (Phi) is 5.36. The number of aryl methyl sites for hydroxylation is 2. The fraction of sp³-hybridized carbons (Fsp3) is 0.786. The molecule has 1 aliphatic heterocycles. The molecule has 2 rings (SSSR count). The Balaban J connectivity index is 1.91. The predicted octanol–water partition coefficient (Wildman–Crippen LogP) is 1.32. The van der Waals surface area contributed by atoms with Crippen LogP contribution in [0.4, 0.5) is 0 Å². The fourth-order valence-electron chi connectivity index (χ4n) is 2.71. The summed E-state index contributed by atoms with van der Waals surface area (Å²) in [4.78, 5) is 0. The summed E-state index contributed by atoms with van der Waals surface area (Å²) in [6, 6.07) is 2.43. The van der Waals surface area contributed by atoms with Gasteiger partial charge in [-0.05, 0) is 38.2 Å². The van der Waals surface area contributed by atoms with Crippen molar-refractivity contribution in [1.82, 2.24) is 15.2 Å². The van der Waals surface area contributed by atoms with Crippen LogP contribution in [0.5, 0.6) is 0 Å². The zero-order valence-corrected chi connectivity index (χ0v) is 12.1. The van der Waals surface area contributed by atoms with Gasteiger partial charge in [-0.15, -0.1) is 0 Å². The van der Waals surface area contributed by atoms with Crippen molar-refractivity contribution in [2.45, 2.75) is 57.6 Å². The quantitative estimate of drug-likeness (QED) is 0.602. The van der Waals surface area contributed by atoms with Crippen LogP contribution < -0.4 is 11.3 Å². The minimum Gasteiger partial charge on any atom is -0.378 e. The van der Waals surface area contributed by atoms with Gasteiger partial charge in [0.05, 0.1) is 11.8 Å². The van der Waals surface area contributed by atoms with E-state index in [1.807, 2.05) is 11.7 Å². The van der Waals surface area contributed by atoms with E-state index in [1.54, 1.807) is 0 Å². The molecule has 19 heavy (non-hydrogen) atoms. The number of rotatable bonds is 6. The van der Waals surface area contributed by atoms with Crippen molar-refractivity contribution in [2.24, 2.45) is 12.9 Å². The highest BCUT2D eigenvalue weighted by Gasteiger charge is 2.20. The molecule has 1 fully saturated rings. The number of nitrogens with zero attached hydrogens (tertiary/aromatic N) is 2. The third kappa shape index (κ3) is 4.03. The average molecular weight is 266 g/mol. The van der Waals surface area contributed by atoms with Gasteiger partial charge in [-0.25, -0.2) is 0 Å². The molecule has 2 atom stereocenters. The Hall–Kier alpha value is -0.910. The van der Waals surface area contributed by atoms with Gasteiger partial charge < -0.3 is 4.74 Å². The standard InChI is InChI=1S/C14H26N4O/c1-3-11-8-13(18(2)17-11)9-12(16-15)10-14-6-4-5-7-19-14/h8,12,14,16H,3-7,9-10,15H2,1-2H3. The molecule has 1 aromatic heterocycles. The van der Waals surface area contributed by atoms with Gasteiger partial charge in [0.25, 0.3) is 0 Å². The third-order valence-electron chi connectivity index (χ3n) is 3.90. The lowest BCUT2D eigenvalue weighted by atomic mass is 9.99. The number of ether oxygens (including phenoxy) is 1. The molecule has 5 nitrogen and oxygen atoms in total. The number of hydrazine groups is 1. The van der Waals surface area contributed by atoms with Crippen molar-refractivity contribution in [1.29, 1.82) is 0 Å². The Morgan fingerprint density at radius 3 is 3.00 bits per heavy atom. The molecule has 0 radical (unpaired) electrons. The predicted molar refractivity (Wildman–Crippen MR) is 75.6 cm³/mol. The van der Waals surface area contributed by atoms with Crippen molar-refractivity contribution in [3.05, 3.63) is 17.5 Å². The first-order valence-electron chi connectivity index (χ1n) is 7.32. The summed E-state index contributed by atoms with van der Waals surface area (Å²) in [6.45, 7) is 3.02. The molecule has 3 N–H and O–H groups in total. The SMILES string of the molecule is CCc1cc(CC(CC2CCCCO2)NN)n(C)n1. The normalized spacial score (nSPS) is 21.5. The van der Waals surface area contributed by atoms with E-state index in [0.717, 1.165) is 38.0 Å². The van der Waals surface area contributed by atoms with Crippen molar-refractivity contribution in [2.75, 3.05) is 6.61 Å². The van der Waals surface area contributed by atoms with Crippen molar-refractivity contribution in [3.8, 4) is 0 Å². The van der Waals surface area contributed by atoms with E-state index in [-0.39, 0.29) is 6.04 Å². The Bertz CT molecular complexity index is 385. The lowest BCUT2D eigenvalue weighted by Crippen LogP contribution is -2.40. The monoisotopic (exact) mass is 266 g/mol. The first-order chi connectivity index (χ1) is 9.22. The highest BCUT2D eigenvalue weighted by Crippen LogP contribution is 2.18. The van der Waals surface area contributed by atoms with Gasteiger partial charge >= 0.3 is 0 Å². The molecule has 1 saturated heterocycles. The summed E-state index contributed by atoms with van der Waals surface area (Å²) in [5, 5.41) is 4.48. The van der Waals surface area contributed by atoms with Crippen molar-refractivity contribution < 1.29 is 4.74 Å². The molecule has 0 aliphatic carbocycles. The van der Waals surface area contributed by atoms with E-state index >= 15 is 0 Å². The fourth-order valence-corrected chi connectivity index (χ4v) is 2.71. The van der Waals surface area contributed by atoms with Crippen molar-refractivity contribution in [3.63, 3.8) is 0 Å². The first-order valence-corrected chi connectivity index (χ1v) is 7.32. The van der Waals surface area contributed by atoms with E-state index in [2.05, 4.69) is 23.5 Å². The molecule has 1 aromatic rings. The zero-order valence-electron chi connectivity index (χ0n) is 12.1. The molecule has 1 aliphatic rings. The molecular formula is C14H26N4O. The van der Waals surface area contributed by atoms with Gasteiger partial charge in [-0.2, -0.15) is 5.10 Å². The van der Waals surface area contributed by atoms with Crippen LogP contribution in [0.2, 0.25) is 0 Å². The molecule has 0 saturated carbocycles. The molecule has 0 amide bonds. The average Bonchev–Trinajstić information content (AvgIpc) is 2.80. The molecule has 2 unspecified atom stereocenters.